The number of carbonyl (C=O) groups is 2. The van der Waals surface area contributed by atoms with E-state index in [4.69, 9.17) is 15.2 Å². The van der Waals surface area contributed by atoms with Gasteiger partial charge in [-0.3, -0.25) is 9.59 Å². The van der Waals surface area contributed by atoms with Crippen LogP contribution in [0.15, 0.2) is 24.3 Å². The molecule has 1 aliphatic rings. The summed E-state index contributed by atoms with van der Waals surface area (Å²) in [5.74, 6) is 0.328. The molecule has 0 bridgehead atoms. The number of carbonyl (C=O) groups excluding carboxylic acids is 2. The minimum absolute atomic E-state index is 0.0704. The third-order valence-corrected chi connectivity index (χ3v) is 6.26. The molecule has 2 amide bonds. The number of benzene rings is 1. The lowest BCUT2D eigenvalue weighted by atomic mass is 9.99. The smallest absolute Gasteiger partial charge is 0.229 e. The molecule has 0 radical (unpaired) electrons. The molecule has 1 aromatic rings. The first-order valence-electron chi connectivity index (χ1n) is 13.2. The van der Waals surface area contributed by atoms with E-state index in [1.54, 1.807) is 24.3 Å². The van der Waals surface area contributed by atoms with Gasteiger partial charge in [-0.15, -0.1) is 0 Å². The van der Waals surface area contributed by atoms with Crippen molar-refractivity contribution in [1.29, 1.82) is 0 Å². The maximum atomic E-state index is 12.2. The highest BCUT2D eigenvalue weighted by Crippen LogP contribution is 2.25. The second-order valence-electron chi connectivity index (χ2n) is 9.35. The maximum absolute atomic E-state index is 12.2. The Hall–Kier alpha value is -2.28. The topological polar surface area (TPSA) is 184 Å². The Balaban J connectivity index is 1.55. The van der Waals surface area contributed by atoms with Crippen molar-refractivity contribution in [3.05, 3.63) is 24.3 Å². The second kappa shape index (κ2) is 17.3. The zero-order chi connectivity index (χ0) is 27.0. The van der Waals surface area contributed by atoms with Crippen molar-refractivity contribution in [2.45, 2.75) is 94.9 Å². The molecule has 1 saturated heterocycles. The van der Waals surface area contributed by atoms with Crippen LogP contribution in [0.2, 0.25) is 0 Å². The van der Waals surface area contributed by atoms with Crippen LogP contribution in [0.4, 0.5) is 5.69 Å². The number of anilines is 1. The van der Waals surface area contributed by atoms with Crippen LogP contribution in [-0.4, -0.2) is 82.6 Å². The normalized spacial score (nSPS) is 23.4. The molecule has 1 aliphatic heterocycles. The third kappa shape index (κ3) is 11.3. The largest absolute Gasteiger partial charge is 0.462 e. The van der Waals surface area contributed by atoms with Crippen LogP contribution in [0.1, 0.15) is 64.2 Å². The number of amides is 2. The number of unbranched alkanes of at least 4 members (excludes halogenated alkanes) is 7. The summed E-state index contributed by atoms with van der Waals surface area (Å²) in [4.78, 5) is 23.7. The molecule has 210 valence electrons. The van der Waals surface area contributed by atoms with E-state index in [0.29, 0.717) is 37.4 Å². The van der Waals surface area contributed by atoms with E-state index in [1.807, 2.05) is 0 Å². The molecule has 2 rings (SSSR count). The summed E-state index contributed by atoms with van der Waals surface area (Å²) in [6.07, 6.45) is 2.42. The van der Waals surface area contributed by atoms with Gasteiger partial charge in [0.25, 0.3) is 0 Å². The fraction of sp³-hybridized carbons (Fsp3) is 0.692. The first-order chi connectivity index (χ1) is 17.8. The predicted molar refractivity (Wildman–Crippen MR) is 138 cm³/mol. The molecule has 5 atom stereocenters. The maximum Gasteiger partial charge on any atom is 0.229 e. The minimum atomic E-state index is -1.51. The lowest BCUT2D eigenvalue weighted by Gasteiger charge is -2.39. The molecule has 0 aromatic heterocycles. The Bertz CT molecular complexity index is 793. The van der Waals surface area contributed by atoms with Crippen LogP contribution in [0.3, 0.4) is 0 Å². The Kier molecular flexibility index (Phi) is 14.4. The van der Waals surface area contributed by atoms with E-state index in [0.717, 1.165) is 51.4 Å². The third-order valence-electron chi connectivity index (χ3n) is 6.26. The van der Waals surface area contributed by atoms with E-state index in [1.165, 1.54) is 0 Å². The zero-order valence-electron chi connectivity index (χ0n) is 21.4. The summed E-state index contributed by atoms with van der Waals surface area (Å²) in [5, 5.41) is 44.6. The Morgan fingerprint density at radius 1 is 0.838 bits per heavy atom. The molecule has 1 fully saturated rings. The highest BCUT2D eigenvalue weighted by atomic mass is 16.7. The number of hydrogen-bond acceptors (Lipinski definition) is 9. The highest BCUT2D eigenvalue weighted by molar-refractivity contribution is 5.90. The lowest BCUT2D eigenvalue weighted by molar-refractivity contribution is -0.277. The Morgan fingerprint density at radius 3 is 1.97 bits per heavy atom. The van der Waals surface area contributed by atoms with Crippen molar-refractivity contribution < 1.29 is 39.5 Å². The second-order valence-corrected chi connectivity index (χ2v) is 9.35. The minimum Gasteiger partial charge on any atom is -0.462 e. The summed E-state index contributed by atoms with van der Waals surface area (Å²) in [5.41, 5.74) is 5.95. The van der Waals surface area contributed by atoms with E-state index in [9.17, 15) is 30.0 Å². The number of nitrogens with two attached hydrogens (primary N) is 1. The summed E-state index contributed by atoms with van der Waals surface area (Å²) >= 11 is 0. The van der Waals surface area contributed by atoms with Gasteiger partial charge in [-0.2, -0.15) is 0 Å². The highest BCUT2D eigenvalue weighted by Gasteiger charge is 2.44. The van der Waals surface area contributed by atoms with Gasteiger partial charge < -0.3 is 46.3 Å². The van der Waals surface area contributed by atoms with E-state index < -0.39 is 37.3 Å². The summed E-state index contributed by atoms with van der Waals surface area (Å²) in [6.45, 7) is 0.465. The molecule has 0 aliphatic carbocycles. The molecule has 1 heterocycles. The summed E-state index contributed by atoms with van der Waals surface area (Å²) in [6, 6.07) is 6.48. The molecular weight excluding hydrogens is 482 g/mol. The van der Waals surface area contributed by atoms with Gasteiger partial charge in [0.15, 0.2) is 0 Å². The van der Waals surface area contributed by atoms with Gasteiger partial charge in [-0.1, -0.05) is 38.5 Å². The van der Waals surface area contributed by atoms with Crippen LogP contribution in [0, 0.1) is 0 Å². The first kappa shape index (κ1) is 30.9. The van der Waals surface area contributed by atoms with Crippen LogP contribution in [0.5, 0.6) is 5.75 Å². The van der Waals surface area contributed by atoms with Gasteiger partial charge in [0.2, 0.25) is 18.1 Å². The summed E-state index contributed by atoms with van der Waals surface area (Å²) < 4.78 is 10.9. The molecule has 11 heteroatoms. The molecule has 0 spiro atoms. The van der Waals surface area contributed by atoms with Crippen molar-refractivity contribution in [3.8, 4) is 5.75 Å². The van der Waals surface area contributed by atoms with Gasteiger partial charge in [-0.25, -0.2) is 0 Å². The van der Waals surface area contributed by atoms with Crippen LogP contribution >= 0.6 is 0 Å². The molecule has 8 N–H and O–H groups in total. The number of nitrogens with one attached hydrogen (secondary N) is 2. The SMILES string of the molecule is NCCNC(=O)CCCCCCCCCCC(=O)Nc1ccc(O[C@@H]2O[C@H](CO)[C@@H](O)[C@H](O)[C@H]2O)cc1. The number of rotatable bonds is 17. The number of hydrogen-bond donors (Lipinski definition) is 7. The van der Waals surface area contributed by atoms with Crippen molar-refractivity contribution in [3.63, 3.8) is 0 Å². The molecule has 11 nitrogen and oxygen atoms in total. The fourth-order valence-electron chi connectivity index (χ4n) is 4.07. The van der Waals surface area contributed by atoms with Gasteiger partial charge in [0.05, 0.1) is 6.61 Å². The van der Waals surface area contributed by atoms with Crippen molar-refractivity contribution in [2.75, 3.05) is 25.0 Å². The standard InChI is InChI=1S/C26H43N3O8/c27-15-16-28-21(31)9-7-5-3-1-2-4-6-8-10-22(32)29-18-11-13-19(14-12-18)36-26-25(35)24(34)23(33)20(17-30)37-26/h11-14,20,23-26,30,33-35H,1-10,15-17,27H2,(H,28,31)(H,29,32)/t20-,23-,24+,25-,26-/m1/s1. The van der Waals surface area contributed by atoms with Gasteiger partial charge in [0.1, 0.15) is 30.2 Å². The predicted octanol–water partition coefficient (Wildman–Crippen LogP) is 0.780. The van der Waals surface area contributed by atoms with Crippen LogP contribution in [0.25, 0.3) is 0 Å². The van der Waals surface area contributed by atoms with Gasteiger partial charge in [-0.05, 0) is 37.1 Å². The van der Waals surface area contributed by atoms with Crippen LogP contribution < -0.4 is 21.1 Å². The fourth-order valence-corrected chi connectivity index (χ4v) is 4.07. The molecule has 0 saturated carbocycles. The van der Waals surface area contributed by atoms with E-state index in [-0.39, 0.29) is 11.8 Å². The average molecular weight is 526 g/mol. The van der Waals surface area contributed by atoms with Gasteiger partial charge >= 0.3 is 0 Å². The molecule has 1 aromatic carbocycles. The van der Waals surface area contributed by atoms with Crippen molar-refractivity contribution in [1.82, 2.24) is 5.32 Å². The van der Waals surface area contributed by atoms with E-state index >= 15 is 0 Å². The lowest BCUT2D eigenvalue weighted by Crippen LogP contribution is -2.60. The molecule has 37 heavy (non-hydrogen) atoms. The van der Waals surface area contributed by atoms with Gasteiger partial charge in [0, 0.05) is 31.6 Å². The molecular formula is C26H43N3O8. The quantitative estimate of drug-likeness (QED) is 0.144. The number of aliphatic hydroxyl groups excluding tert-OH is 4. The Morgan fingerprint density at radius 2 is 1.41 bits per heavy atom. The average Bonchev–Trinajstić information content (AvgIpc) is 2.89. The summed E-state index contributed by atoms with van der Waals surface area (Å²) in [7, 11) is 0. The molecule has 0 unspecified atom stereocenters. The monoisotopic (exact) mass is 525 g/mol. The van der Waals surface area contributed by atoms with Crippen molar-refractivity contribution in [2.24, 2.45) is 5.73 Å². The zero-order valence-corrected chi connectivity index (χ0v) is 21.4. The first-order valence-corrected chi connectivity index (χ1v) is 13.2. The number of ether oxygens (including phenoxy) is 2. The Labute approximate surface area is 218 Å². The van der Waals surface area contributed by atoms with Crippen LogP contribution in [-0.2, 0) is 14.3 Å². The van der Waals surface area contributed by atoms with Crippen molar-refractivity contribution >= 4 is 17.5 Å². The number of aliphatic hydroxyl groups is 4. The van der Waals surface area contributed by atoms with E-state index in [2.05, 4.69) is 10.6 Å².